The van der Waals surface area contributed by atoms with Gasteiger partial charge in [-0.1, -0.05) is 24.3 Å². The molecule has 0 aliphatic carbocycles. The van der Waals surface area contributed by atoms with E-state index < -0.39 is 17.5 Å². The van der Waals surface area contributed by atoms with E-state index in [4.69, 9.17) is 11.5 Å². The third-order valence-electron chi connectivity index (χ3n) is 4.80. The molecule has 3 rings (SSSR count). The Labute approximate surface area is 183 Å². The van der Waals surface area contributed by atoms with Gasteiger partial charge in [0, 0.05) is 32.9 Å². The van der Waals surface area contributed by atoms with Gasteiger partial charge >= 0.3 is 0 Å². The third kappa shape index (κ3) is 5.00. The highest BCUT2D eigenvalue weighted by Gasteiger charge is 2.25. The van der Waals surface area contributed by atoms with Crippen LogP contribution in [0.2, 0.25) is 0 Å². The number of nitrogens with one attached hydrogen (secondary N) is 2. The van der Waals surface area contributed by atoms with E-state index in [1.165, 1.54) is 12.3 Å². The Balaban J connectivity index is 1.84. The van der Waals surface area contributed by atoms with Crippen LogP contribution in [0, 0.1) is 17.6 Å². The molecular formula is C20H25F2N7OS. The lowest BCUT2D eigenvalue weighted by Crippen LogP contribution is -2.41. The zero-order valence-corrected chi connectivity index (χ0v) is 18.1. The second-order valence-corrected chi connectivity index (χ2v) is 8.20. The first-order valence-electron chi connectivity index (χ1n) is 9.72. The number of halogens is 2. The van der Waals surface area contributed by atoms with Gasteiger partial charge in [-0.15, -0.1) is 0 Å². The molecule has 6 N–H and O–H groups in total. The highest BCUT2D eigenvalue weighted by atomic mass is 32.1. The van der Waals surface area contributed by atoms with Crippen molar-refractivity contribution < 1.29 is 13.6 Å². The van der Waals surface area contributed by atoms with Gasteiger partial charge in [0.2, 0.25) is 0 Å². The summed E-state index contributed by atoms with van der Waals surface area (Å²) >= 11 is 0.830. The van der Waals surface area contributed by atoms with Crippen LogP contribution in [-0.4, -0.2) is 54.9 Å². The number of carbonyl (C=O) groups excluding carboxylic acids is 1. The molecule has 2 heterocycles. The smallest absolute Gasteiger partial charge is 0.277 e. The molecule has 8 nitrogen and oxygen atoms in total. The van der Waals surface area contributed by atoms with E-state index in [-0.39, 0.29) is 21.3 Å². The Morgan fingerprint density at radius 1 is 1.42 bits per heavy atom. The van der Waals surface area contributed by atoms with Gasteiger partial charge in [0.25, 0.3) is 5.91 Å². The molecule has 1 aliphatic rings. The quantitative estimate of drug-likeness (QED) is 0.417. The van der Waals surface area contributed by atoms with Crippen molar-refractivity contribution in [2.24, 2.45) is 16.6 Å². The fourth-order valence-corrected chi connectivity index (χ4v) is 4.25. The van der Waals surface area contributed by atoms with Gasteiger partial charge in [-0.2, -0.15) is 0 Å². The minimum absolute atomic E-state index is 0.0201. The van der Waals surface area contributed by atoms with Crippen molar-refractivity contribution in [1.29, 1.82) is 0 Å². The van der Waals surface area contributed by atoms with E-state index in [1.807, 2.05) is 4.90 Å². The number of nitrogens with zero attached hydrogens (tertiary/aromatic N) is 3. The van der Waals surface area contributed by atoms with Gasteiger partial charge < -0.3 is 27.0 Å². The largest absolute Gasteiger partial charge is 0.403 e. The second kappa shape index (κ2) is 9.84. The molecule has 0 bridgehead atoms. The van der Waals surface area contributed by atoms with Crippen LogP contribution in [0.4, 0.5) is 13.8 Å². The number of aromatic nitrogens is 1. The number of amides is 1. The molecule has 0 radical (unpaired) electrons. The molecule has 2 aromatic rings. The fraction of sp³-hybridized carbons (Fsp3) is 0.350. The topological polar surface area (TPSA) is 122 Å². The molecular weight excluding hydrogens is 424 g/mol. The van der Waals surface area contributed by atoms with Crippen molar-refractivity contribution in [2.75, 3.05) is 39.0 Å². The maximum Gasteiger partial charge on any atom is 0.277 e. The minimum atomic E-state index is -0.785. The molecule has 0 unspecified atom stereocenters. The molecule has 1 aliphatic heterocycles. The Bertz CT molecular complexity index is 1000. The first-order valence-corrected chi connectivity index (χ1v) is 10.5. The number of rotatable bonds is 4. The SMILES string of the molecule is CN=C(C(=CN)NC(=O)c1nc(-c2c(F)cccc2F)sc1N)N1CCNC[C@H](C)C1. The van der Waals surface area contributed by atoms with Gasteiger partial charge in [-0.05, 0) is 24.6 Å². The molecule has 0 saturated carbocycles. The summed E-state index contributed by atoms with van der Waals surface area (Å²) in [5.74, 6) is -1.31. The fourth-order valence-electron chi connectivity index (χ4n) is 3.38. The summed E-state index contributed by atoms with van der Waals surface area (Å²) < 4.78 is 28.2. The Morgan fingerprint density at radius 2 is 2.13 bits per heavy atom. The molecule has 11 heteroatoms. The number of hydrogen-bond donors (Lipinski definition) is 4. The molecule has 1 fully saturated rings. The number of benzene rings is 1. The second-order valence-electron chi connectivity index (χ2n) is 7.17. The van der Waals surface area contributed by atoms with Crippen LogP contribution in [0.3, 0.4) is 0 Å². The number of nitrogen functional groups attached to an aromatic ring is 1. The standard InChI is InChI=1S/C20H25F2N7OS/c1-11-9-26-6-7-29(10-11)18(25-2)14(8-23)27-19(30)16-17(24)31-20(28-16)15-12(21)4-3-5-13(15)22/h3-5,8,11,26H,6-7,9-10,23-24H2,1-2H3,(H,27,30)/t11-/m0/s1. The van der Waals surface area contributed by atoms with E-state index in [1.54, 1.807) is 7.05 Å². The van der Waals surface area contributed by atoms with E-state index >= 15 is 0 Å². The summed E-state index contributed by atoms with van der Waals surface area (Å²) in [5, 5.41) is 6.04. The Kier molecular flexibility index (Phi) is 7.18. The van der Waals surface area contributed by atoms with E-state index in [0.717, 1.165) is 43.1 Å². The number of amidine groups is 1. The van der Waals surface area contributed by atoms with E-state index in [2.05, 4.69) is 27.5 Å². The van der Waals surface area contributed by atoms with Crippen LogP contribution in [0.1, 0.15) is 17.4 Å². The van der Waals surface area contributed by atoms with Gasteiger partial charge in [-0.25, -0.2) is 13.8 Å². The maximum atomic E-state index is 14.1. The van der Waals surface area contributed by atoms with Crippen molar-refractivity contribution in [3.05, 3.63) is 47.4 Å². The highest BCUT2D eigenvalue weighted by Crippen LogP contribution is 2.33. The number of anilines is 1. The maximum absolute atomic E-state index is 14.1. The Hall–Kier alpha value is -3.05. The monoisotopic (exact) mass is 449 g/mol. The summed E-state index contributed by atoms with van der Waals surface area (Å²) in [7, 11) is 1.62. The lowest BCUT2D eigenvalue weighted by molar-refractivity contribution is 0.0964. The summed E-state index contributed by atoms with van der Waals surface area (Å²) in [6.07, 6.45) is 1.25. The lowest BCUT2D eigenvalue weighted by atomic mass is 10.1. The Morgan fingerprint density at radius 3 is 2.77 bits per heavy atom. The first kappa shape index (κ1) is 22.6. The van der Waals surface area contributed by atoms with Crippen LogP contribution in [-0.2, 0) is 0 Å². The normalized spacial score (nSPS) is 18.1. The van der Waals surface area contributed by atoms with Gasteiger partial charge in [0.05, 0.1) is 11.3 Å². The van der Waals surface area contributed by atoms with Crippen molar-refractivity contribution >= 4 is 28.1 Å². The van der Waals surface area contributed by atoms with E-state index in [9.17, 15) is 13.6 Å². The zero-order chi connectivity index (χ0) is 22.5. The van der Waals surface area contributed by atoms with E-state index in [0.29, 0.717) is 24.0 Å². The molecule has 1 saturated heterocycles. The first-order chi connectivity index (χ1) is 14.8. The molecule has 31 heavy (non-hydrogen) atoms. The predicted molar refractivity (Wildman–Crippen MR) is 119 cm³/mol. The van der Waals surface area contributed by atoms with Crippen LogP contribution in [0.15, 0.2) is 35.1 Å². The summed E-state index contributed by atoms with van der Waals surface area (Å²) in [6, 6.07) is 3.49. The van der Waals surface area contributed by atoms with Gasteiger partial charge in [0.1, 0.15) is 27.5 Å². The van der Waals surface area contributed by atoms with Gasteiger partial charge in [-0.3, -0.25) is 9.79 Å². The van der Waals surface area contributed by atoms with Crippen molar-refractivity contribution in [1.82, 2.24) is 20.5 Å². The summed E-state index contributed by atoms with van der Waals surface area (Å²) in [4.78, 5) is 23.3. The lowest BCUT2D eigenvalue weighted by Gasteiger charge is -2.27. The van der Waals surface area contributed by atoms with Crippen molar-refractivity contribution in [3.63, 3.8) is 0 Å². The molecule has 166 valence electrons. The molecule has 0 spiro atoms. The predicted octanol–water partition coefficient (Wildman–Crippen LogP) is 1.77. The van der Waals surface area contributed by atoms with Crippen LogP contribution in [0.25, 0.3) is 10.6 Å². The third-order valence-corrected chi connectivity index (χ3v) is 5.70. The van der Waals surface area contributed by atoms with Crippen LogP contribution >= 0.6 is 11.3 Å². The summed E-state index contributed by atoms with van der Waals surface area (Å²) in [5.41, 5.74) is 11.6. The van der Waals surface area contributed by atoms with Crippen LogP contribution in [0.5, 0.6) is 0 Å². The number of hydrogen-bond acceptors (Lipinski definition) is 7. The highest BCUT2D eigenvalue weighted by molar-refractivity contribution is 7.19. The average molecular weight is 450 g/mol. The molecule has 1 aromatic heterocycles. The molecule has 1 amide bonds. The number of carbonyl (C=O) groups is 1. The number of nitrogens with two attached hydrogens (primary N) is 2. The number of thiazole rings is 1. The zero-order valence-electron chi connectivity index (χ0n) is 17.3. The molecule has 1 atom stereocenters. The minimum Gasteiger partial charge on any atom is -0.403 e. The average Bonchev–Trinajstić information content (AvgIpc) is 2.97. The number of aliphatic imine (C=N–C) groups is 1. The summed E-state index contributed by atoms with van der Waals surface area (Å²) in [6.45, 7) is 5.20. The van der Waals surface area contributed by atoms with Crippen molar-refractivity contribution in [2.45, 2.75) is 6.92 Å². The molecule has 1 aromatic carbocycles. The van der Waals surface area contributed by atoms with Crippen molar-refractivity contribution in [3.8, 4) is 10.6 Å². The van der Waals surface area contributed by atoms with Crippen LogP contribution < -0.4 is 22.1 Å². The van der Waals surface area contributed by atoms with Gasteiger partial charge in [0.15, 0.2) is 5.69 Å².